The molecule has 86 valence electrons. The Balaban J connectivity index is 2.41. The van der Waals surface area contributed by atoms with E-state index in [1.807, 2.05) is 13.8 Å². The van der Waals surface area contributed by atoms with Gasteiger partial charge in [0.05, 0.1) is 6.07 Å². The maximum Gasteiger partial charge on any atom is 0.101 e. The van der Waals surface area contributed by atoms with Crippen molar-refractivity contribution in [2.45, 2.75) is 30.7 Å². The van der Waals surface area contributed by atoms with Crippen LogP contribution < -0.4 is 5.32 Å². The van der Waals surface area contributed by atoms with Gasteiger partial charge in [0.1, 0.15) is 5.54 Å². The molecule has 0 fully saturated rings. The summed E-state index contributed by atoms with van der Waals surface area (Å²) in [5, 5.41) is 12.1. The van der Waals surface area contributed by atoms with Crippen molar-refractivity contribution in [3.63, 3.8) is 0 Å². The molecule has 0 saturated carbocycles. The van der Waals surface area contributed by atoms with Crippen LogP contribution in [-0.2, 0) is 6.42 Å². The minimum atomic E-state index is -0.431. The summed E-state index contributed by atoms with van der Waals surface area (Å²) in [6, 6.07) is 10.8. The van der Waals surface area contributed by atoms with Crippen molar-refractivity contribution in [1.82, 2.24) is 5.32 Å². The number of thioether (sulfide) groups is 1. The number of hydrogen-bond donors (Lipinski definition) is 1. The lowest BCUT2D eigenvalue weighted by Crippen LogP contribution is -2.38. The highest BCUT2D eigenvalue weighted by Crippen LogP contribution is 2.15. The molecule has 0 aliphatic heterocycles. The first-order valence-corrected chi connectivity index (χ1v) is 6.59. The second kappa shape index (κ2) is 5.93. The van der Waals surface area contributed by atoms with Gasteiger partial charge in [-0.25, -0.2) is 0 Å². The molecular weight excluding hydrogens is 216 g/mol. The van der Waals surface area contributed by atoms with Gasteiger partial charge in [-0.1, -0.05) is 12.1 Å². The van der Waals surface area contributed by atoms with Crippen LogP contribution in [0, 0.1) is 11.3 Å². The molecule has 0 aliphatic carbocycles. The summed E-state index contributed by atoms with van der Waals surface area (Å²) in [4.78, 5) is 1.29. The van der Waals surface area contributed by atoms with Gasteiger partial charge in [0.15, 0.2) is 0 Å². The van der Waals surface area contributed by atoms with Crippen molar-refractivity contribution in [2.24, 2.45) is 0 Å². The van der Waals surface area contributed by atoms with Crippen molar-refractivity contribution < 1.29 is 0 Å². The number of rotatable bonds is 5. The molecule has 1 aromatic carbocycles. The summed E-state index contributed by atoms with van der Waals surface area (Å²) in [6.07, 6.45) is 3.03. The van der Waals surface area contributed by atoms with Gasteiger partial charge in [-0.3, -0.25) is 5.32 Å². The third kappa shape index (κ3) is 4.26. The Morgan fingerprint density at radius 3 is 2.44 bits per heavy atom. The smallest absolute Gasteiger partial charge is 0.101 e. The molecule has 1 N–H and O–H groups in total. The second-order valence-corrected chi connectivity index (χ2v) is 5.14. The number of nitriles is 1. The predicted octanol–water partition coefficient (Wildman–Crippen LogP) is 2.84. The van der Waals surface area contributed by atoms with Crippen LogP contribution in [-0.4, -0.2) is 18.3 Å². The zero-order valence-corrected chi connectivity index (χ0v) is 10.9. The summed E-state index contributed by atoms with van der Waals surface area (Å²) >= 11 is 1.75. The third-order valence-electron chi connectivity index (χ3n) is 2.42. The number of nitrogens with zero attached hydrogens (tertiary/aromatic N) is 1. The van der Waals surface area contributed by atoms with Gasteiger partial charge in [0.25, 0.3) is 0 Å². The van der Waals surface area contributed by atoms with Gasteiger partial charge < -0.3 is 0 Å². The molecule has 0 saturated heterocycles. The quantitative estimate of drug-likeness (QED) is 0.796. The van der Waals surface area contributed by atoms with Gasteiger partial charge in [-0.2, -0.15) is 5.26 Å². The third-order valence-corrected chi connectivity index (χ3v) is 3.16. The Hall–Kier alpha value is -0.980. The van der Waals surface area contributed by atoms with Crippen LogP contribution in [0.4, 0.5) is 0 Å². The minimum Gasteiger partial charge on any atom is -0.300 e. The molecule has 0 atom stereocenters. The van der Waals surface area contributed by atoms with Crippen molar-refractivity contribution in [1.29, 1.82) is 5.26 Å². The van der Waals surface area contributed by atoms with E-state index in [1.54, 1.807) is 11.8 Å². The van der Waals surface area contributed by atoms with Gasteiger partial charge >= 0.3 is 0 Å². The van der Waals surface area contributed by atoms with E-state index in [2.05, 4.69) is 41.9 Å². The topological polar surface area (TPSA) is 35.8 Å². The fourth-order valence-corrected chi connectivity index (χ4v) is 1.76. The maximum absolute atomic E-state index is 8.84. The summed E-state index contributed by atoms with van der Waals surface area (Å²) in [5.41, 5.74) is 0.873. The standard InChI is InChI=1S/C13H18N2S/c1-13(2,10-14)15-9-8-11-4-6-12(16-3)7-5-11/h4-7,15H,8-9H2,1-3H3. The zero-order valence-electron chi connectivity index (χ0n) is 10.1. The molecule has 0 amide bonds. The summed E-state index contributed by atoms with van der Waals surface area (Å²) in [5.74, 6) is 0. The molecule has 0 unspecified atom stereocenters. The largest absolute Gasteiger partial charge is 0.300 e. The molecular formula is C13H18N2S. The molecule has 16 heavy (non-hydrogen) atoms. The van der Waals surface area contributed by atoms with Crippen LogP contribution in [0.25, 0.3) is 0 Å². The van der Waals surface area contributed by atoms with E-state index in [9.17, 15) is 0 Å². The molecule has 2 nitrogen and oxygen atoms in total. The van der Waals surface area contributed by atoms with Crippen molar-refractivity contribution >= 4 is 11.8 Å². The van der Waals surface area contributed by atoms with Crippen LogP contribution >= 0.6 is 11.8 Å². The fraction of sp³-hybridized carbons (Fsp3) is 0.462. The number of benzene rings is 1. The molecule has 0 aromatic heterocycles. The van der Waals surface area contributed by atoms with Gasteiger partial charge in [0.2, 0.25) is 0 Å². The Bertz CT molecular complexity index is 363. The van der Waals surface area contributed by atoms with E-state index in [1.165, 1.54) is 10.5 Å². The molecule has 1 aromatic rings. The van der Waals surface area contributed by atoms with Crippen molar-refractivity contribution in [2.75, 3.05) is 12.8 Å². The predicted molar refractivity (Wildman–Crippen MR) is 69.6 cm³/mol. The zero-order chi connectivity index (χ0) is 12.0. The molecule has 1 rings (SSSR count). The van der Waals surface area contributed by atoms with Crippen LogP contribution in [0.5, 0.6) is 0 Å². The van der Waals surface area contributed by atoms with Crippen LogP contribution in [0.3, 0.4) is 0 Å². The Morgan fingerprint density at radius 2 is 1.94 bits per heavy atom. The van der Waals surface area contributed by atoms with Crippen LogP contribution in [0.15, 0.2) is 29.2 Å². The van der Waals surface area contributed by atoms with E-state index >= 15 is 0 Å². The summed E-state index contributed by atoms with van der Waals surface area (Å²) < 4.78 is 0. The number of nitrogens with one attached hydrogen (secondary N) is 1. The highest BCUT2D eigenvalue weighted by molar-refractivity contribution is 7.98. The van der Waals surface area contributed by atoms with E-state index in [-0.39, 0.29) is 0 Å². The first-order chi connectivity index (χ1) is 7.57. The lowest BCUT2D eigenvalue weighted by atomic mass is 10.1. The highest BCUT2D eigenvalue weighted by atomic mass is 32.2. The average molecular weight is 234 g/mol. The average Bonchev–Trinajstić information content (AvgIpc) is 2.30. The molecule has 0 radical (unpaired) electrons. The lowest BCUT2D eigenvalue weighted by molar-refractivity contribution is 0.490. The molecule has 0 spiro atoms. The first-order valence-electron chi connectivity index (χ1n) is 5.36. The van der Waals surface area contributed by atoms with E-state index in [0.29, 0.717) is 0 Å². The SMILES string of the molecule is CSc1ccc(CCNC(C)(C)C#N)cc1. The van der Waals surface area contributed by atoms with Gasteiger partial charge in [-0.15, -0.1) is 11.8 Å². The Kier molecular flexibility index (Phi) is 4.85. The summed E-state index contributed by atoms with van der Waals surface area (Å²) in [7, 11) is 0. The van der Waals surface area contributed by atoms with Crippen molar-refractivity contribution in [3.8, 4) is 6.07 Å². The molecule has 0 heterocycles. The van der Waals surface area contributed by atoms with Gasteiger partial charge in [-0.05, 0) is 44.2 Å². The van der Waals surface area contributed by atoms with Crippen LogP contribution in [0.1, 0.15) is 19.4 Å². The normalized spacial score (nSPS) is 11.1. The van der Waals surface area contributed by atoms with E-state index in [4.69, 9.17) is 5.26 Å². The molecule has 3 heteroatoms. The summed E-state index contributed by atoms with van der Waals surface area (Å²) in [6.45, 7) is 4.62. The van der Waals surface area contributed by atoms with Crippen LogP contribution in [0.2, 0.25) is 0 Å². The Labute approximate surface area is 102 Å². The second-order valence-electron chi connectivity index (χ2n) is 4.26. The van der Waals surface area contributed by atoms with E-state index in [0.717, 1.165) is 13.0 Å². The Morgan fingerprint density at radius 1 is 1.31 bits per heavy atom. The number of hydrogen-bond acceptors (Lipinski definition) is 3. The molecule has 0 aliphatic rings. The molecule has 0 bridgehead atoms. The monoisotopic (exact) mass is 234 g/mol. The van der Waals surface area contributed by atoms with E-state index < -0.39 is 5.54 Å². The minimum absolute atomic E-state index is 0.431. The van der Waals surface area contributed by atoms with Crippen molar-refractivity contribution in [3.05, 3.63) is 29.8 Å². The fourth-order valence-electron chi connectivity index (χ4n) is 1.35. The first kappa shape index (κ1) is 13.1. The highest BCUT2D eigenvalue weighted by Gasteiger charge is 2.14. The lowest BCUT2D eigenvalue weighted by Gasteiger charge is -2.17. The maximum atomic E-state index is 8.84. The van der Waals surface area contributed by atoms with Gasteiger partial charge in [0, 0.05) is 11.4 Å².